The van der Waals surface area contributed by atoms with Gasteiger partial charge in [0.2, 0.25) is 0 Å². The Morgan fingerprint density at radius 3 is 2.69 bits per heavy atom. The van der Waals surface area contributed by atoms with Crippen LogP contribution in [0, 0.1) is 0 Å². The van der Waals surface area contributed by atoms with Crippen LogP contribution in [-0.2, 0) is 9.53 Å². The molecule has 26 heavy (non-hydrogen) atoms. The number of rotatable bonds is 4. The lowest BCUT2D eigenvalue weighted by atomic mass is 10.2. The summed E-state index contributed by atoms with van der Waals surface area (Å²) >= 11 is 0. The highest BCUT2D eigenvalue weighted by atomic mass is 16.5. The monoisotopic (exact) mass is 354 g/mol. The van der Waals surface area contributed by atoms with Gasteiger partial charge in [0.05, 0.1) is 11.9 Å². The van der Waals surface area contributed by atoms with Crippen LogP contribution in [0.2, 0.25) is 0 Å². The predicted octanol–water partition coefficient (Wildman–Crippen LogP) is 1.44. The standard InChI is InChI=1S/C18H22N6O2/c25-18(15-4-2-12-26-15)24-10-8-23(9-11-24)17-6-5-16(21-22-17)20-14-3-1-7-19-13-14/h1,3,5-7,13,15H,2,4,8-12H2,(H,20,21). The number of amides is 1. The van der Waals surface area contributed by atoms with Crippen molar-refractivity contribution in [3.8, 4) is 0 Å². The average molecular weight is 354 g/mol. The molecule has 2 aliphatic heterocycles. The lowest BCUT2D eigenvalue weighted by Gasteiger charge is -2.36. The van der Waals surface area contributed by atoms with Crippen LogP contribution in [-0.4, -0.2) is 64.9 Å². The fraction of sp³-hybridized carbons (Fsp3) is 0.444. The number of hydrogen-bond acceptors (Lipinski definition) is 7. The number of piperazine rings is 1. The number of pyridine rings is 1. The molecular weight excluding hydrogens is 332 g/mol. The Kier molecular flexibility index (Phi) is 4.92. The lowest BCUT2D eigenvalue weighted by Crippen LogP contribution is -2.51. The molecule has 1 atom stereocenters. The Morgan fingerprint density at radius 2 is 2.04 bits per heavy atom. The molecular formula is C18H22N6O2. The highest BCUT2D eigenvalue weighted by Crippen LogP contribution is 2.19. The van der Waals surface area contributed by atoms with Crippen molar-refractivity contribution >= 4 is 23.2 Å². The van der Waals surface area contributed by atoms with Gasteiger partial charge in [0.15, 0.2) is 11.6 Å². The van der Waals surface area contributed by atoms with E-state index in [1.807, 2.05) is 29.2 Å². The first-order valence-electron chi connectivity index (χ1n) is 8.96. The zero-order valence-corrected chi connectivity index (χ0v) is 14.5. The fourth-order valence-corrected chi connectivity index (χ4v) is 3.28. The number of carbonyl (C=O) groups is 1. The van der Waals surface area contributed by atoms with Gasteiger partial charge in [-0.05, 0) is 37.1 Å². The minimum Gasteiger partial charge on any atom is -0.368 e. The number of nitrogens with zero attached hydrogens (tertiary/aromatic N) is 5. The molecule has 0 saturated carbocycles. The average Bonchev–Trinajstić information content (AvgIpc) is 3.24. The highest BCUT2D eigenvalue weighted by molar-refractivity contribution is 5.81. The number of anilines is 3. The summed E-state index contributed by atoms with van der Waals surface area (Å²) in [4.78, 5) is 20.5. The van der Waals surface area contributed by atoms with E-state index in [1.165, 1.54) is 0 Å². The molecule has 2 saturated heterocycles. The zero-order chi connectivity index (χ0) is 17.8. The van der Waals surface area contributed by atoms with Crippen molar-refractivity contribution in [3.63, 3.8) is 0 Å². The maximum absolute atomic E-state index is 12.4. The molecule has 0 spiro atoms. The SMILES string of the molecule is O=C(C1CCCO1)N1CCN(c2ccc(Nc3cccnc3)nn2)CC1. The molecule has 0 aromatic carbocycles. The summed E-state index contributed by atoms with van der Waals surface area (Å²) in [7, 11) is 0. The summed E-state index contributed by atoms with van der Waals surface area (Å²) < 4.78 is 5.50. The van der Waals surface area contributed by atoms with Crippen molar-refractivity contribution in [3.05, 3.63) is 36.7 Å². The van der Waals surface area contributed by atoms with E-state index in [0.717, 1.165) is 37.4 Å². The highest BCUT2D eigenvalue weighted by Gasteiger charge is 2.30. The molecule has 0 aliphatic carbocycles. The van der Waals surface area contributed by atoms with E-state index in [9.17, 15) is 4.79 Å². The number of carbonyl (C=O) groups excluding carboxylic acids is 1. The van der Waals surface area contributed by atoms with Crippen LogP contribution < -0.4 is 10.2 Å². The summed E-state index contributed by atoms with van der Waals surface area (Å²) in [5, 5.41) is 11.7. The van der Waals surface area contributed by atoms with Gasteiger partial charge in [-0.3, -0.25) is 9.78 Å². The van der Waals surface area contributed by atoms with Crippen LogP contribution in [0.25, 0.3) is 0 Å². The predicted molar refractivity (Wildman–Crippen MR) is 97.3 cm³/mol. The van der Waals surface area contributed by atoms with E-state index in [2.05, 4.69) is 25.4 Å². The molecule has 8 nitrogen and oxygen atoms in total. The first-order chi connectivity index (χ1) is 12.8. The summed E-state index contributed by atoms with van der Waals surface area (Å²) in [6.07, 6.45) is 5.05. The van der Waals surface area contributed by atoms with E-state index in [-0.39, 0.29) is 12.0 Å². The Bertz CT molecular complexity index is 725. The van der Waals surface area contributed by atoms with Gasteiger partial charge in [0.25, 0.3) is 5.91 Å². The van der Waals surface area contributed by atoms with Crippen LogP contribution in [0.3, 0.4) is 0 Å². The quantitative estimate of drug-likeness (QED) is 0.889. The number of aromatic nitrogens is 3. The topological polar surface area (TPSA) is 83.5 Å². The molecule has 2 aromatic heterocycles. The van der Waals surface area contributed by atoms with E-state index < -0.39 is 0 Å². The second-order valence-corrected chi connectivity index (χ2v) is 6.46. The lowest BCUT2D eigenvalue weighted by molar-refractivity contribution is -0.141. The molecule has 1 amide bonds. The molecule has 1 unspecified atom stereocenters. The number of nitrogens with one attached hydrogen (secondary N) is 1. The Hall–Kier alpha value is -2.74. The second kappa shape index (κ2) is 7.65. The van der Waals surface area contributed by atoms with Crippen LogP contribution >= 0.6 is 0 Å². The first-order valence-corrected chi connectivity index (χ1v) is 8.96. The van der Waals surface area contributed by atoms with Gasteiger partial charge in [0, 0.05) is 39.0 Å². The molecule has 2 fully saturated rings. The molecule has 136 valence electrons. The van der Waals surface area contributed by atoms with Gasteiger partial charge >= 0.3 is 0 Å². The minimum atomic E-state index is -0.237. The molecule has 4 rings (SSSR count). The zero-order valence-electron chi connectivity index (χ0n) is 14.5. The third-order valence-corrected chi connectivity index (χ3v) is 4.70. The summed E-state index contributed by atoms with van der Waals surface area (Å²) in [6, 6.07) is 7.64. The molecule has 4 heterocycles. The van der Waals surface area contributed by atoms with Crippen LogP contribution in [0.5, 0.6) is 0 Å². The van der Waals surface area contributed by atoms with Gasteiger partial charge in [-0.2, -0.15) is 0 Å². The molecule has 1 N–H and O–H groups in total. The molecule has 2 aromatic rings. The third kappa shape index (κ3) is 3.75. The first kappa shape index (κ1) is 16.7. The van der Waals surface area contributed by atoms with Crippen molar-refractivity contribution in [1.82, 2.24) is 20.1 Å². The van der Waals surface area contributed by atoms with Crippen molar-refractivity contribution in [1.29, 1.82) is 0 Å². The van der Waals surface area contributed by atoms with E-state index in [4.69, 9.17) is 4.74 Å². The van der Waals surface area contributed by atoms with Crippen LogP contribution in [0.1, 0.15) is 12.8 Å². The second-order valence-electron chi connectivity index (χ2n) is 6.46. The Labute approximate surface area is 152 Å². The minimum absolute atomic E-state index is 0.129. The largest absolute Gasteiger partial charge is 0.368 e. The van der Waals surface area contributed by atoms with Crippen molar-refractivity contribution in [2.45, 2.75) is 18.9 Å². The molecule has 8 heteroatoms. The van der Waals surface area contributed by atoms with Crippen LogP contribution in [0.4, 0.5) is 17.3 Å². The summed E-state index contributed by atoms with van der Waals surface area (Å²) in [6.45, 7) is 3.59. The smallest absolute Gasteiger partial charge is 0.251 e. The fourth-order valence-electron chi connectivity index (χ4n) is 3.28. The Morgan fingerprint density at radius 1 is 1.15 bits per heavy atom. The maximum atomic E-state index is 12.4. The van der Waals surface area contributed by atoms with Gasteiger partial charge in [0.1, 0.15) is 6.10 Å². The molecule has 0 bridgehead atoms. The van der Waals surface area contributed by atoms with Crippen molar-refractivity contribution in [2.75, 3.05) is 43.0 Å². The van der Waals surface area contributed by atoms with E-state index in [1.54, 1.807) is 12.4 Å². The summed E-state index contributed by atoms with van der Waals surface area (Å²) in [5.41, 5.74) is 0.871. The summed E-state index contributed by atoms with van der Waals surface area (Å²) in [5.74, 6) is 1.63. The molecule has 2 aliphatic rings. The van der Waals surface area contributed by atoms with Gasteiger partial charge < -0.3 is 19.9 Å². The maximum Gasteiger partial charge on any atom is 0.251 e. The van der Waals surface area contributed by atoms with Gasteiger partial charge in [-0.1, -0.05) is 0 Å². The Balaban J connectivity index is 1.32. The number of ether oxygens (including phenoxy) is 1. The van der Waals surface area contributed by atoms with E-state index >= 15 is 0 Å². The van der Waals surface area contributed by atoms with Gasteiger partial charge in [-0.25, -0.2) is 0 Å². The van der Waals surface area contributed by atoms with Crippen molar-refractivity contribution < 1.29 is 9.53 Å². The van der Waals surface area contributed by atoms with E-state index in [0.29, 0.717) is 25.5 Å². The van der Waals surface area contributed by atoms with Crippen LogP contribution in [0.15, 0.2) is 36.7 Å². The number of hydrogen-bond donors (Lipinski definition) is 1. The van der Waals surface area contributed by atoms with Crippen molar-refractivity contribution in [2.24, 2.45) is 0 Å². The normalized spacial score (nSPS) is 20.2. The van der Waals surface area contributed by atoms with Gasteiger partial charge in [-0.15, -0.1) is 10.2 Å². The third-order valence-electron chi connectivity index (χ3n) is 4.70. The molecule has 0 radical (unpaired) electrons.